The highest BCUT2D eigenvalue weighted by atomic mass is 16.2. The van der Waals surface area contributed by atoms with Crippen LogP contribution in [0.2, 0.25) is 0 Å². The van der Waals surface area contributed by atoms with Gasteiger partial charge in [-0.1, -0.05) is 31.0 Å². The largest absolute Gasteiger partial charge is 0.382 e. The highest BCUT2D eigenvalue weighted by molar-refractivity contribution is 5.87. The van der Waals surface area contributed by atoms with Crippen LogP contribution in [0.3, 0.4) is 0 Å². The van der Waals surface area contributed by atoms with Gasteiger partial charge in [0.15, 0.2) is 0 Å². The van der Waals surface area contributed by atoms with Gasteiger partial charge in [0.25, 0.3) is 0 Å². The van der Waals surface area contributed by atoms with Gasteiger partial charge in [-0.15, -0.1) is 0 Å². The maximum Gasteiger partial charge on any atom is 0.228 e. The average molecular weight is 286 g/mol. The van der Waals surface area contributed by atoms with Crippen molar-refractivity contribution in [2.75, 3.05) is 5.32 Å². The van der Waals surface area contributed by atoms with E-state index in [-0.39, 0.29) is 17.4 Å². The third-order valence-corrected chi connectivity index (χ3v) is 4.66. The van der Waals surface area contributed by atoms with E-state index in [1.165, 1.54) is 24.8 Å². The van der Waals surface area contributed by atoms with E-state index in [2.05, 4.69) is 43.5 Å². The SMILES string of the molecule is CC(C)(C)NC(=O)[C@@H]1c2ccccc2N[C@H]2CCCC[C@@H]21. The van der Waals surface area contributed by atoms with Crippen molar-refractivity contribution in [3.05, 3.63) is 29.8 Å². The number of para-hydroxylation sites is 1. The zero-order valence-electron chi connectivity index (χ0n) is 13.3. The highest BCUT2D eigenvalue weighted by Gasteiger charge is 2.42. The summed E-state index contributed by atoms with van der Waals surface area (Å²) in [6, 6.07) is 8.76. The minimum atomic E-state index is -0.179. The maximum absolute atomic E-state index is 12.9. The molecule has 3 atom stereocenters. The summed E-state index contributed by atoms with van der Waals surface area (Å²) in [6.45, 7) is 6.16. The van der Waals surface area contributed by atoms with Gasteiger partial charge < -0.3 is 10.6 Å². The number of fused-ring (bicyclic) bond motifs is 2. The van der Waals surface area contributed by atoms with E-state index in [0.29, 0.717) is 12.0 Å². The van der Waals surface area contributed by atoms with Crippen molar-refractivity contribution < 1.29 is 4.79 Å². The van der Waals surface area contributed by atoms with Crippen molar-refractivity contribution in [1.29, 1.82) is 0 Å². The molecule has 1 aromatic rings. The number of carbonyl (C=O) groups is 1. The molecule has 0 saturated heterocycles. The van der Waals surface area contributed by atoms with E-state index >= 15 is 0 Å². The van der Waals surface area contributed by atoms with Gasteiger partial charge in [0, 0.05) is 17.3 Å². The van der Waals surface area contributed by atoms with Gasteiger partial charge in [0.1, 0.15) is 0 Å². The van der Waals surface area contributed by atoms with Gasteiger partial charge in [0.2, 0.25) is 5.91 Å². The van der Waals surface area contributed by atoms with Gasteiger partial charge in [-0.3, -0.25) is 4.79 Å². The van der Waals surface area contributed by atoms with Crippen LogP contribution in [0.5, 0.6) is 0 Å². The second-order valence-corrected chi connectivity index (χ2v) is 7.50. The van der Waals surface area contributed by atoms with Gasteiger partial charge >= 0.3 is 0 Å². The summed E-state index contributed by atoms with van der Waals surface area (Å²) in [6.07, 6.45) is 4.83. The van der Waals surface area contributed by atoms with Crippen LogP contribution in [0.4, 0.5) is 5.69 Å². The normalized spacial score (nSPS) is 28.0. The summed E-state index contributed by atoms with van der Waals surface area (Å²) in [4.78, 5) is 12.9. The topological polar surface area (TPSA) is 41.1 Å². The predicted molar refractivity (Wildman–Crippen MR) is 86.4 cm³/mol. The quantitative estimate of drug-likeness (QED) is 0.827. The van der Waals surface area contributed by atoms with Crippen LogP contribution in [0, 0.1) is 5.92 Å². The molecule has 21 heavy (non-hydrogen) atoms. The fraction of sp³-hybridized carbons (Fsp3) is 0.611. The number of hydrogen-bond donors (Lipinski definition) is 2. The Labute approximate surface area is 127 Å². The lowest BCUT2D eigenvalue weighted by Crippen LogP contribution is -2.49. The van der Waals surface area contributed by atoms with Gasteiger partial charge in [-0.05, 0) is 51.2 Å². The monoisotopic (exact) mass is 286 g/mol. The summed E-state index contributed by atoms with van der Waals surface area (Å²) in [5.41, 5.74) is 2.14. The molecule has 3 nitrogen and oxygen atoms in total. The summed E-state index contributed by atoms with van der Waals surface area (Å²) < 4.78 is 0. The predicted octanol–water partition coefficient (Wildman–Crippen LogP) is 3.67. The molecule has 1 amide bonds. The molecule has 3 rings (SSSR count). The van der Waals surface area contributed by atoms with Crippen LogP contribution >= 0.6 is 0 Å². The van der Waals surface area contributed by atoms with Gasteiger partial charge in [0.05, 0.1) is 5.92 Å². The number of nitrogens with one attached hydrogen (secondary N) is 2. The van der Waals surface area contributed by atoms with E-state index in [1.807, 2.05) is 12.1 Å². The van der Waals surface area contributed by atoms with E-state index in [9.17, 15) is 4.79 Å². The minimum Gasteiger partial charge on any atom is -0.382 e. The summed E-state index contributed by atoms with van der Waals surface area (Å²) in [5, 5.41) is 6.86. The number of amides is 1. The van der Waals surface area contributed by atoms with E-state index < -0.39 is 0 Å². The molecule has 0 bridgehead atoms. The van der Waals surface area contributed by atoms with Crippen molar-refractivity contribution in [2.45, 2.75) is 64.0 Å². The third-order valence-electron chi connectivity index (χ3n) is 4.66. The van der Waals surface area contributed by atoms with E-state index in [1.54, 1.807) is 0 Å². The zero-order chi connectivity index (χ0) is 15.0. The summed E-state index contributed by atoms with van der Waals surface area (Å²) in [5.74, 6) is 0.608. The van der Waals surface area contributed by atoms with E-state index in [0.717, 1.165) is 12.1 Å². The first-order valence-electron chi connectivity index (χ1n) is 8.13. The summed E-state index contributed by atoms with van der Waals surface area (Å²) >= 11 is 0. The molecule has 0 aromatic heterocycles. The van der Waals surface area contributed by atoms with E-state index in [4.69, 9.17) is 0 Å². The molecular weight excluding hydrogens is 260 g/mol. The highest BCUT2D eigenvalue weighted by Crippen LogP contribution is 2.44. The molecule has 0 unspecified atom stereocenters. The molecule has 0 radical (unpaired) electrons. The Bertz CT molecular complexity index is 532. The molecule has 1 aliphatic carbocycles. The van der Waals surface area contributed by atoms with Crippen LogP contribution in [-0.4, -0.2) is 17.5 Å². The molecule has 114 valence electrons. The molecule has 1 fully saturated rings. The fourth-order valence-electron chi connectivity index (χ4n) is 3.85. The number of rotatable bonds is 1. The van der Waals surface area contributed by atoms with Crippen LogP contribution in [-0.2, 0) is 4.79 Å². The van der Waals surface area contributed by atoms with Gasteiger partial charge in [-0.25, -0.2) is 0 Å². The first-order chi connectivity index (χ1) is 9.96. The van der Waals surface area contributed by atoms with Crippen LogP contribution in [0.15, 0.2) is 24.3 Å². The number of carbonyl (C=O) groups excluding carboxylic acids is 1. The van der Waals surface area contributed by atoms with Crippen molar-refractivity contribution in [3.63, 3.8) is 0 Å². The second kappa shape index (κ2) is 5.36. The Balaban J connectivity index is 1.96. The Morgan fingerprint density at radius 3 is 2.67 bits per heavy atom. The molecule has 1 aliphatic heterocycles. The van der Waals surface area contributed by atoms with Crippen LogP contribution in [0.25, 0.3) is 0 Å². The lowest BCUT2D eigenvalue weighted by Gasteiger charge is -2.43. The molecule has 2 aliphatic rings. The summed E-state index contributed by atoms with van der Waals surface area (Å²) in [7, 11) is 0. The molecule has 1 heterocycles. The number of hydrogen-bond acceptors (Lipinski definition) is 2. The van der Waals surface area contributed by atoms with Crippen LogP contribution < -0.4 is 10.6 Å². The molecule has 0 spiro atoms. The first kappa shape index (κ1) is 14.4. The minimum absolute atomic E-state index is 0.00743. The molecule has 3 heteroatoms. The van der Waals surface area contributed by atoms with Crippen LogP contribution in [0.1, 0.15) is 57.9 Å². The smallest absolute Gasteiger partial charge is 0.228 e. The maximum atomic E-state index is 12.9. The van der Waals surface area contributed by atoms with Crippen molar-refractivity contribution in [3.8, 4) is 0 Å². The standard InChI is InChI=1S/C18H26N2O/c1-18(2,3)20-17(21)16-12-8-4-6-10-14(12)19-15-11-7-5-9-13(15)16/h4,6,8,10,13,15-16,19H,5,7,9,11H2,1-3H3,(H,20,21)/t13-,15-,16+/m0/s1. The Kier molecular flexibility index (Phi) is 3.68. The fourth-order valence-corrected chi connectivity index (χ4v) is 3.85. The van der Waals surface area contributed by atoms with Gasteiger partial charge in [-0.2, -0.15) is 0 Å². The number of benzene rings is 1. The number of anilines is 1. The molecule has 2 N–H and O–H groups in total. The first-order valence-corrected chi connectivity index (χ1v) is 8.13. The van der Waals surface area contributed by atoms with Crippen molar-refractivity contribution >= 4 is 11.6 Å². The third kappa shape index (κ3) is 2.92. The average Bonchev–Trinajstić information content (AvgIpc) is 2.42. The Morgan fingerprint density at radius 2 is 1.90 bits per heavy atom. The van der Waals surface area contributed by atoms with Crippen molar-refractivity contribution in [1.82, 2.24) is 5.32 Å². The second-order valence-electron chi connectivity index (χ2n) is 7.50. The Morgan fingerprint density at radius 1 is 1.19 bits per heavy atom. The lowest BCUT2D eigenvalue weighted by molar-refractivity contribution is -0.125. The molecule has 1 aromatic carbocycles. The molecular formula is C18H26N2O. The zero-order valence-corrected chi connectivity index (χ0v) is 13.3. The Hall–Kier alpha value is -1.51. The molecule has 1 saturated carbocycles. The van der Waals surface area contributed by atoms with Crippen molar-refractivity contribution in [2.24, 2.45) is 5.92 Å². The lowest BCUT2D eigenvalue weighted by atomic mass is 9.70.